The Morgan fingerprint density at radius 2 is 2.12 bits per heavy atom. The first kappa shape index (κ1) is 15.9. The highest BCUT2D eigenvalue weighted by Gasteiger charge is 2.58. The van der Waals surface area contributed by atoms with Crippen molar-refractivity contribution >= 4 is 5.97 Å². The Morgan fingerprint density at radius 1 is 1.33 bits per heavy atom. The molecule has 3 N–H and O–H groups in total. The van der Waals surface area contributed by atoms with Gasteiger partial charge in [-0.2, -0.15) is 0 Å². The SMILES string of the molecule is C[C@]12CC[C@@H]3c4ccc(O)cc4CC[C@H]3[C@@H]1CC(CC(=O)O)[C@@H]2O. The second kappa shape index (κ2) is 5.48. The molecule has 0 aliphatic heterocycles. The van der Waals surface area contributed by atoms with Crippen LogP contribution in [0, 0.1) is 23.2 Å². The number of aliphatic hydroxyl groups excluding tert-OH is 1. The largest absolute Gasteiger partial charge is 0.508 e. The maximum atomic E-state index is 11.2. The first-order valence-electron chi connectivity index (χ1n) is 9.12. The number of fused-ring (bicyclic) bond motifs is 5. The summed E-state index contributed by atoms with van der Waals surface area (Å²) in [6.45, 7) is 2.17. The quantitative estimate of drug-likeness (QED) is 0.777. The van der Waals surface area contributed by atoms with Crippen molar-refractivity contribution in [1.29, 1.82) is 0 Å². The zero-order valence-electron chi connectivity index (χ0n) is 14.1. The summed E-state index contributed by atoms with van der Waals surface area (Å²) in [5, 5.41) is 29.7. The van der Waals surface area contributed by atoms with Crippen molar-refractivity contribution in [1.82, 2.24) is 0 Å². The van der Waals surface area contributed by atoms with Crippen molar-refractivity contribution in [3.05, 3.63) is 29.3 Å². The molecule has 1 unspecified atom stereocenters. The summed E-state index contributed by atoms with van der Waals surface area (Å²) in [4.78, 5) is 11.2. The average molecular weight is 330 g/mol. The molecule has 0 spiro atoms. The van der Waals surface area contributed by atoms with E-state index in [4.69, 9.17) is 5.11 Å². The van der Waals surface area contributed by atoms with E-state index in [0.717, 1.165) is 32.1 Å². The zero-order valence-corrected chi connectivity index (χ0v) is 14.1. The number of phenolic OH excluding ortho intramolecular Hbond substituents is 1. The molecule has 6 atom stereocenters. The Balaban J connectivity index is 1.65. The molecular formula is C20H26O4. The predicted molar refractivity (Wildman–Crippen MR) is 89.9 cm³/mol. The lowest BCUT2D eigenvalue weighted by molar-refractivity contribution is -0.139. The molecule has 1 aromatic rings. The second-order valence-corrected chi connectivity index (χ2v) is 8.38. The lowest BCUT2D eigenvalue weighted by Crippen LogP contribution is -2.44. The number of aromatic hydroxyl groups is 1. The molecule has 4 heteroatoms. The van der Waals surface area contributed by atoms with Gasteiger partial charge in [-0.15, -0.1) is 0 Å². The number of aliphatic carboxylic acids is 1. The molecule has 4 rings (SSSR count). The van der Waals surface area contributed by atoms with Crippen LogP contribution < -0.4 is 0 Å². The van der Waals surface area contributed by atoms with Gasteiger partial charge in [0.2, 0.25) is 0 Å². The number of rotatable bonds is 2. The Kier molecular flexibility index (Phi) is 3.64. The Hall–Kier alpha value is -1.55. The normalized spacial score (nSPS) is 40.5. The minimum absolute atomic E-state index is 0.0785. The van der Waals surface area contributed by atoms with Gasteiger partial charge in [-0.3, -0.25) is 4.79 Å². The van der Waals surface area contributed by atoms with Crippen LogP contribution in [0.3, 0.4) is 0 Å². The molecular weight excluding hydrogens is 304 g/mol. The third kappa shape index (κ3) is 2.26. The Bertz CT molecular complexity index is 670. The van der Waals surface area contributed by atoms with Crippen LogP contribution in [-0.4, -0.2) is 27.4 Å². The molecule has 0 radical (unpaired) electrons. The molecule has 3 aliphatic rings. The molecule has 0 bridgehead atoms. The monoisotopic (exact) mass is 330 g/mol. The molecule has 24 heavy (non-hydrogen) atoms. The van der Waals surface area contributed by atoms with Crippen LogP contribution in [-0.2, 0) is 11.2 Å². The number of hydrogen-bond donors (Lipinski definition) is 3. The van der Waals surface area contributed by atoms with E-state index in [2.05, 4.69) is 13.0 Å². The van der Waals surface area contributed by atoms with Gasteiger partial charge in [0.1, 0.15) is 5.75 Å². The predicted octanol–water partition coefficient (Wildman–Crippen LogP) is 3.31. The Morgan fingerprint density at radius 3 is 2.88 bits per heavy atom. The number of carboxylic acids is 1. The van der Waals surface area contributed by atoms with Crippen LogP contribution in [0.2, 0.25) is 0 Å². The highest BCUT2D eigenvalue weighted by Crippen LogP contribution is 2.62. The number of aliphatic hydroxyl groups is 1. The molecule has 3 aliphatic carbocycles. The van der Waals surface area contributed by atoms with Crippen LogP contribution in [0.5, 0.6) is 5.75 Å². The van der Waals surface area contributed by atoms with Gasteiger partial charge in [0.15, 0.2) is 0 Å². The molecule has 0 aromatic heterocycles. The third-order valence-corrected chi connectivity index (χ3v) is 7.26. The van der Waals surface area contributed by atoms with E-state index < -0.39 is 12.1 Å². The highest BCUT2D eigenvalue weighted by atomic mass is 16.4. The summed E-state index contributed by atoms with van der Waals surface area (Å²) >= 11 is 0. The maximum Gasteiger partial charge on any atom is 0.303 e. The molecule has 130 valence electrons. The third-order valence-electron chi connectivity index (χ3n) is 7.26. The summed E-state index contributed by atoms with van der Waals surface area (Å²) in [5.41, 5.74) is 2.48. The zero-order chi connectivity index (χ0) is 17.1. The highest BCUT2D eigenvalue weighted by molar-refractivity contribution is 5.67. The van der Waals surface area contributed by atoms with Crippen molar-refractivity contribution < 1.29 is 20.1 Å². The number of carboxylic acid groups (broad SMARTS) is 1. The van der Waals surface area contributed by atoms with Gasteiger partial charge in [0.25, 0.3) is 0 Å². The Labute approximate surface area is 142 Å². The fourth-order valence-corrected chi connectivity index (χ4v) is 6.14. The number of hydrogen-bond acceptors (Lipinski definition) is 3. The first-order chi connectivity index (χ1) is 11.4. The standard InChI is InChI=1S/C20H26O4/c1-20-7-6-15-14-5-3-13(21)8-11(14)2-4-16(15)17(20)9-12(19(20)24)10-18(22)23/h3,5,8,12,15-17,19,21,24H,2,4,6-7,9-10H2,1H3,(H,22,23)/t12?,15-,16-,17+,19+,20+/m1/s1. The maximum absolute atomic E-state index is 11.2. The van der Waals surface area contributed by atoms with E-state index in [1.807, 2.05) is 6.07 Å². The molecule has 1 aromatic carbocycles. The summed E-state index contributed by atoms with van der Waals surface area (Å²) in [6, 6.07) is 5.76. The lowest BCUT2D eigenvalue weighted by Gasteiger charge is -2.50. The summed E-state index contributed by atoms with van der Waals surface area (Å²) in [6.07, 6.45) is 4.46. The van der Waals surface area contributed by atoms with Crippen LogP contribution in [0.1, 0.15) is 56.1 Å². The van der Waals surface area contributed by atoms with Crippen LogP contribution in [0.25, 0.3) is 0 Å². The van der Waals surface area contributed by atoms with Gasteiger partial charge in [-0.05, 0) is 84.5 Å². The molecule has 2 saturated carbocycles. The minimum atomic E-state index is -0.803. The molecule has 0 saturated heterocycles. The van der Waals surface area contributed by atoms with Crippen LogP contribution in [0.4, 0.5) is 0 Å². The van der Waals surface area contributed by atoms with Gasteiger partial charge in [0.05, 0.1) is 12.5 Å². The van der Waals surface area contributed by atoms with Gasteiger partial charge in [-0.25, -0.2) is 0 Å². The van der Waals surface area contributed by atoms with Crippen molar-refractivity contribution in [3.8, 4) is 5.75 Å². The number of carbonyl (C=O) groups is 1. The fraction of sp³-hybridized carbons (Fsp3) is 0.650. The summed E-state index contributed by atoms with van der Waals surface area (Å²) < 4.78 is 0. The van der Waals surface area contributed by atoms with E-state index in [0.29, 0.717) is 23.5 Å². The smallest absolute Gasteiger partial charge is 0.303 e. The molecule has 2 fully saturated rings. The minimum Gasteiger partial charge on any atom is -0.508 e. The van der Waals surface area contributed by atoms with Gasteiger partial charge in [0, 0.05) is 0 Å². The van der Waals surface area contributed by atoms with Crippen molar-refractivity contribution in [2.45, 2.75) is 57.5 Å². The van der Waals surface area contributed by atoms with Crippen LogP contribution >= 0.6 is 0 Å². The summed E-state index contributed by atoms with van der Waals surface area (Å²) in [5.74, 6) is 0.834. The van der Waals surface area contributed by atoms with Gasteiger partial charge in [-0.1, -0.05) is 13.0 Å². The van der Waals surface area contributed by atoms with Gasteiger partial charge < -0.3 is 15.3 Å². The fourth-order valence-electron chi connectivity index (χ4n) is 6.14. The average Bonchev–Trinajstić information content (AvgIpc) is 2.78. The van der Waals surface area contributed by atoms with E-state index in [-0.39, 0.29) is 17.8 Å². The number of benzene rings is 1. The molecule has 4 nitrogen and oxygen atoms in total. The van der Waals surface area contributed by atoms with E-state index in [1.54, 1.807) is 6.07 Å². The van der Waals surface area contributed by atoms with Gasteiger partial charge >= 0.3 is 5.97 Å². The lowest BCUT2D eigenvalue weighted by atomic mass is 9.55. The second-order valence-electron chi connectivity index (χ2n) is 8.38. The van der Waals surface area contributed by atoms with Crippen molar-refractivity contribution in [2.24, 2.45) is 23.2 Å². The van der Waals surface area contributed by atoms with Crippen molar-refractivity contribution in [2.75, 3.05) is 0 Å². The number of aryl methyl sites for hydroxylation is 1. The van der Waals surface area contributed by atoms with Crippen molar-refractivity contribution in [3.63, 3.8) is 0 Å². The molecule has 0 amide bonds. The molecule has 0 heterocycles. The van der Waals surface area contributed by atoms with E-state index in [9.17, 15) is 15.0 Å². The topological polar surface area (TPSA) is 77.8 Å². The van der Waals surface area contributed by atoms with E-state index >= 15 is 0 Å². The van der Waals surface area contributed by atoms with E-state index in [1.165, 1.54) is 11.1 Å². The van der Waals surface area contributed by atoms with Crippen LogP contribution in [0.15, 0.2) is 18.2 Å². The first-order valence-corrected chi connectivity index (χ1v) is 9.12. The number of phenols is 1. The summed E-state index contributed by atoms with van der Waals surface area (Å²) in [7, 11) is 0.